The molecule has 2 aromatic heterocycles. The van der Waals surface area contributed by atoms with Crippen LogP contribution in [0.2, 0.25) is 0 Å². The first-order valence-corrected chi connectivity index (χ1v) is 11.4. The molecule has 0 atom stereocenters. The van der Waals surface area contributed by atoms with Crippen molar-refractivity contribution in [2.45, 2.75) is 0 Å². The van der Waals surface area contributed by atoms with Crippen molar-refractivity contribution in [2.75, 3.05) is 48.8 Å². The Labute approximate surface area is 203 Å². The normalized spacial score (nSPS) is 14.0. The van der Waals surface area contributed by atoms with E-state index in [1.807, 2.05) is 30.3 Å². The highest BCUT2D eigenvalue weighted by molar-refractivity contribution is 5.98. The number of likely N-dealkylation sites (N-methyl/N-ethyl adjacent to an activating group) is 1. The highest BCUT2D eigenvalue weighted by atomic mass is 16.1. The SMILES string of the molecule is C=CC(=O)Nc1nccc(-c2cccc3cnc(Nc4ccc(N5CCN(C)CC5)cc4)nc23)n1. The minimum atomic E-state index is -0.368. The third-order valence-corrected chi connectivity index (χ3v) is 5.95. The number of piperazine rings is 1. The second kappa shape index (κ2) is 9.86. The van der Waals surface area contributed by atoms with Gasteiger partial charge in [-0.1, -0.05) is 24.8 Å². The molecule has 9 heteroatoms. The Morgan fingerprint density at radius 3 is 2.54 bits per heavy atom. The van der Waals surface area contributed by atoms with E-state index in [1.54, 1.807) is 18.5 Å². The van der Waals surface area contributed by atoms with E-state index < -0.39 is 0 Å². The smallest absolute Gasteiger partial charge is 0.250 e. The quantitative estimate of drug-likeness (QED) is 0.415. The second-order valence-corrected chi connectivity index (χ2v) is 8.36. The maximum Gasteiger partial charge on any atom is 0.250 e. The van der Waals surface area contributed by atoms with E-state index in [0.717, 1.165) is 48.3 Å². The van der Waals surface area contributed by atoms with E-state index >= 15 is 0 Å². The van der Waals surface area contributed by atoms with Crippen molar-refractivity contribution in [2.24, 2.45) is 0 Å². The van der Waals surface area contributed by atoms with E-state index in [2.05, 4.69) is 61.1 Å². The number of carbonyl (C=O) groups excluding carboxylic acids is 1. The van der Waals surface area contributed by atoms with Gasteiger partial charge in [-0.2, -0.15) is 0 Å². The summed E-state index contributed by atoms with van der Waals surface area (Å²) < 4.78 is 0. The number of rotatable bonds is 6. The second-order valence-electron chi connectivity index (χ2n) is 8.36. The van der Waals surface area contributed by atoms with Crippen molar-refractivity contribution in [3.8, 4) is 11.3 Å². The number of carbonyl (C=O) groups is 1. The van der Waals surface area contributed by atoms with Gasteiger partial charge in [0.05, 0.1) is 11.2 Å². The molecule has 1 saturated heterocycles. The van der Waals surface area contributed by atoms with Crippen LogP contribution in [-0.4, -0.2) is 64.0 Å². The standard InChI is InChI=1S/C26H26N8O/c1-3-23(35)31-25-27-12-11-22(30-25)21-6-4-5-18-17-28-26(32-24(18)21)29-19-7-9-20(10-8-19)34-15-13-33(2)14-16-34/h3-12,17H,1,13-16H2,2H3,(H,28,29,32)(H,27,30,31,35). The highest BCUT2D eigenvalue weighted by Crippen LogP contribution is 2.28. The minimum absolute atomic E-state index is 0.206. The lowest BCUT2D eigenvalue weighted by Crippen LogP contribution is -2.44. The Hall–Kier alpha value is -4.37. The molecule has 35 heavy (non-hydrogen) atoms. The van der Waals surface area contributed by atoms with Crippen LogP contribution in [0.1, 0.15) is 0 Å². The lowest BCUT2D eigenvalue weighted by atomic mass is 10.1. The van der Waals surface area contributed by atoms with Crippen molar-refractivity contribution < 1.29 is 4.79 Å². The van der Waals surface area contributed by atoms with Gasteiger partial charge in [0.1, 0.15) is 0 Å². The number of para-hydroxylation sites is 1. The van der Waals surface area contributed by atoms with Crippen LogP contribution in [0.4, 0.5) is 23.3 Å². The van der Waals surface area contributed by atoms with Gasteiger partial charge in [0.25, 0.3) is 0 Å². The van der Waals surface area contributed by atoms with E-state index in [9.17, 15) is 4.79 Å². The summed E-state index contributed by atoms with van der Waals surface area (Å²) in [5.74, 6) is 0.330. The number of anilines is 4. The maximum atomic E-state index is 11.6. The summed E-state index contributed by atoms with van der Waals surface area (Å²) >= 11 is 0. The summed E-state index contributed by atoms with van der Waals surface area (Å²) in [7, 11) is 2.16. The van der Waals surface area contributed by atoms with Crippen molar-refractivity contribution >= 4 is 40.1 Å². The van der Waals surface area contributed by atoms with Crippen molar-refractivity contribution in [1.82, 2.24) is 24.8 Å². The van der Waals surface area contributed by atoms with E-state index in [4.69, 9.17) is 4.98 Å². The third kappa shape index (κ3) is 5.10. The first-order valence-electron chi connectivity index (χ1n) is 11.4. The number of nitrogens with zero attached hydrogens (tertiary/aromatic N) is 6. The molecule has 2 aromatic carbocycles. The summed E-state index contributed by atoms with van der Waals surface area (Å²) in [4.78, 5) is 34.2. The highest BCUT2D eigenvalue weighted by Gasteiger charge is 2.14. The number of benzene rings is 2. The molecule has 176 valence electrons. The molecule has 0 radical (unpaired) electrons. The first-order chi connectivity index (χ1) is 17.1. The largest absolute Gasteiger partial charge is 0.369 e. The molecule has 1 amide bonds. The lowest BCUT2D eigenvalue weighted by Gasteiger charge is -2.34. The monoisotopic (exact) mass is 466 g/mol. The molecule has 9 nitrogen and oxygen atoms in total. The molecule has 0 saturated carbocycles. The summed E-state index contributed by atoms with van der Waals surface area (Å²) in [5.41, 5.74) is 4.34. The Kier molecular flexibility index (Phi) is 6.32. The lowest BCUT2D eigenvalue weighted by molar-refractivity contribution is -0.111. The average molecular weight is 467 g/mol. The molecule has 2 N–H and O–H groups in total. The van der Waals surface area contributed by atoms with Crippen LogP contribution in [-0.2, 0) is 4.79 Å². The van der Waals surface area contributed by atoms with E-state index in [-0.39, 0.29) is 11.9 Å². The number of nitrogens with one attached hydrogen (secondary N) is 2. The van der Waals surface area contributed by atoms with Crippen LogP contribution in [0.3, 0.4) is 0 Å². The van der Waals surface area contributed by atoms with E-state index in [1.165, 1.54) is 11.8 Å². The van der Waals surface area contributed by atoms with E-state index in [0.29, 0.717) is 11.6 Å². The predicted molar refractivity (Wildman–Crippen MR) is 139 cm³/mol. The molecule has 0 bridgehead atoms. The van der Waals surface area contributed by atoms with Crippen molar-refractivity contribution in [3.05, 3.63) is 73.6 Å². The fourth-order valence-corrected chi connectivity index (χ4v) is 4.00. The number of hydrogen-bond acceptors (Lipinski definition) is 8. The van der Waals surface area contributed by atoms with Crippen LogP contribution in [0, 0.1) is 0 Å². The summed E-state index contributed by atoms with van der Waals surface area (Å²) in [5, 5.41) is 6.78. The Morgan fingerprint density at radius 2 is 1.77 bits per heavy atom. The summed E-state index contributed by atoms with van der Waals surface area (Å²) in [6.07, 6.45) is 4.56. The van der Waals surface area contributed by atoms with Gasteiger partial charge >= 0.3 is 0 Å². The molecule has 1 aliphatic rings. The molecular formula is C26H26N8O. The molecule has 4 aromatic rings. The fourth-order valence-electron chi connectivity index (χ4n) is 4.00. The molecule has 1 fully saturated rings. The van der Waals surface area contributed by atoms with Crippen molar-refractivity contribution in [3.63, 3.8) is 0 Å². The van der Waals surface area contributed by atoms with Crippen molar-refractivity contribution in [1.29, 1.82) is 0 Å². The molecule has 0 unspecified atom stereocenters. The summed E-state index contributed by atoms with van der Waals surface area (Å²) in [6, 6.07) is 15.9. The zero-order valence-corrected chi connectivity index (χ0v) is 19.5. The Balaban J connectivity index is 1.39. The van der Waals surface area contributed by atoms with Crippen LogP contribution in [0.15, 0.2) is 73.6 Å². The number of fused-ring (bicyclic) bond motifs is 1. The van der Waals surface area contributed by atoms with Crippen LogP contribution >= 0.6 is 0 Å². The third-order valence-electron chi connectivity index (χ3n) is 5.95. The molecule has 5 rings (SSSR count). The van der Waals surface area contributed by atoms with Gasteiger partial charge in [0.15, 0.2) is 0 Å². The number of aromatic nitrogens is 4. The molecule has 0 spiro atoms. The van der Waals surface area contributed by atoms with Crippen LogP contribution in [0.5, 0.6) is 0 Å². The predicted octanol–water partition coefficient (Wildman–Crippen LogP) is 3.71. The van der Waals surface area contributed by atoms with Crippen LogP contribution in [0.25, 0.3) is 22.2 Å². The minimum Gasteiger partial charge on any atom is -0.369 e. The Bertz CT molecular complexity index is 1360. The zero-order chi connectivity index (χ0) is 24.2. The fraction of sp³-hybridized carbons (Fsp3) is 0.192. The number of hydrogen-bond donors (Lipinski definition) is 2. The molecule has 3 heterocycles. The van der Waals surface area contributed by atoms with Crippen LogP contribution < -0.4 is 15.5 Å². The summed E-state index contributed by atoms with van der Waals surface area (Å²) in [6.45, 7) is 7.66. The molecule has 0 aliphatic carbocycles. The maximum absolute atomic E-state index is 11.6. The molecular weight excluding hydrogens is 440 g/mol. The van der Waals surface area contributed by atoms with Gasteiger partial charge < -0.3 is 15.1 Å². The van der Waals surface area contributed by atoms with Gasteiger partial charge in [0.2, 0.25) is 17.8 Å². The van der Waals surface area contributed by atoms with Gasteiger partial charge in [-0.05, 0) is 43.5 Å². The van der Waals surface area contributed by atoms with Gasteiger partial charge in [-0.15, -0.1) is 0 Å². The zero-order valence-electron chi connectivity index (χ0n) is 19.5. The number of amides is 1. The van der Waals surface area contributed by atoms with Gasteiger partial charge in [0, 0.05) is 60.9 Å². The topological polar surface area (TPSA) is 99.2 Å². The van der Waals surface area contributed by atoms with Gasteiger partial charge in [-0.25, -0.2) is 19.9 Å². The average Bonchev–Trinajstić information content (AvgIpc) is 2.89. The van der Waals surface area contributed by atoms with Gasteiger partial charge in [-0.3, -0.25) is 10.1 Å². The Morgan fingerprint density at radius 1 is 0.971 bits per heavy atom. The molecule has 1 aliphatic heterocycles. The first kappa shape index (κ1) is 22.4.